The fourth-order valence-electron chi connectivity index (χ4n) is 2.41. The Labute approximate surface area is 112 Å². The number of hydrogen-bond acceptors (Lipinski definition) is 2. The predicted molar refractivity (Wildman–Crippen MR) is 73.1 cm³/mol. The molecule has 1 heterocycles. The van der Waals surface area contributed by atoms with Crippen LogP contribution in [0.2, 0.25) is 5.02 Å². The second-order valence-corrected chi connectivity index (χ2v) is 5.58. The molecule has 1 fully saturated rings. The average Bonchev–Trinajstić information content (AvgIpc) is 3.07. The molecular formula is C14H17ClN2O. The zero-order valence-corrected chi connectivity index (χ0v) is 11.0. The maximum Gasteiger partial charge on any atom is 0.240 e. The van der Waals surface area contributed by atoms with Gasteiger partial charge in [0.1, 0.15) is 0 Å². The van der Waals surface area contributed by atoms with Crippen LogP contribution in [0.3, 0.4) is 0 Å². The zero-order valence-electron chi connectivity index (χ0n) is 10.3. The summed E-state index contributed by atoms with van der Waals surface area (Å²) in [7, 11) is 0. The Kier molecular flexibility index (Phi) is 3.27. The summed E-state index contributed by atoms with van der Waals surface area (Å²) in [6, 6.07) is 5.80. The summed E-state index contributed by atoms with van der Waals surface area (Å²) >= 11 is 5.99. The molecule has 2 aliphatic rings. The molecule has 1 aliphatic heterocycles. The number of anilines is 1. The van der Waals surface area contributed by atoms with Crippen molar-refractivity contribution in [3.63, 3.8) is 0 Å². The van der Waals surface area contributed by atoms with Gasteiger partial charge in [-0.15, -0.1) is 0 Å². The number of carbonyl (C=O) groups excluding carboxylic acids is 1. The Balaban J connectivity index is 1.63. The van der Waals surface area contributed by atoms with Gasteiger partial charge in [0.05, 0.1) is 6.54 Å². The van der Waals surface area contributed by atoms with E-state index in [4.69, 9.17) is 11.6 Å². The Morgan fingerprint density at radius 3 is 3.06 bits per heavy atom. The molecule has 96 valence electrons. The van der Waals surface area contributed by atoms with Crippen LogP contribution in [0.25, 0.3) is 0 Å². The van der Waals surface area contributed by atoms with E-state index >= 15 is 0 Å². The van der Waals surface area contributed by atoms with Crippen molar-refractivity contribution < 1.29 is 4.79 Å². The number of hydrogen-bond donors (Lipinski definition) is 1. The van der Waals surface area contributed by atoms with Crippen molar-refractivity contribution in [1.82, 2.24) is 5.32 Å². The van der Waals surface area contributed by atoms with Crippen LogP contribution in [0.15, 0.2) is 18.2 Å². The molecule has 0 spiro atoms. The summed E-state index contributed by atoms with van der Waals surface area (Å²) < 4.78 is 0. The molecule has 3 nitrogen and oxygen atoms in total. The molecule has 4 heteroatoms. The highest BCUT2D eigenvalue weighted by Crippen LogP contribution is 2.31. The van der Waals surface area contributed by atoms with Gasteiger partial charge in [0.15, 0.2) is 0 Å². The molecule has 0 bridgehead atoms. The summed E-state index contributed by atoms with van der Waals surface area (Å²) in [4.78, 5) is 14.0. The van der Waals surface area contributed by atoms with E-state index in [0.717, 1.165) is 31.1 Å². The van der Waals surface area contributed by atoms with E-state index in [1.54, 1.807) is 0 Å². The fourth-order valence-corrected chi connectivity index (χ4v) is 2.58. The van der Waals surface area contributed by atoms with Gasteiger partial charge in [-0.3, -0.25) is 4.79 Å². The smallest absolute Gasteiger partial charge is 0.240 e. The number of halogens is 1. The van der Waals surface area contributed by atoms with Gasteiger partial charge in [0.2, 0.25) is 5.91 Å². The van der Waals surface area contributed by atoms with Crippen LogP contribution in [-0.4, -0.2) is 25.5 Å². The van der Waals surface area contributed by atoms with Crippen molar-refractivity contribution in [3.8, 4) is 0 Å². The standard InChI is InChI=1S/C14H17ClN2O/c15-12-4-3-11-5-6-17(13(11)7-12)14(18)9-16-8-10-1-2-10/h3-4,7,10,16H,1-2,5-6,8-9H2. The number of carbonyl (C=O) groups is 1. The highest BCUT2D eigenvalue weighted by atomic mass is 35.5. The molecule has 0 aromatic heterocycles. The van der Waals surface area contributed by atoms with Crippen LogP contribution < -0.4 is 10.2 Å². The Bertz CT molecular complexity index is 471. The van der Waals surface area contributed by atoms with Crippen LogP contribution in [0, 0.1) is 5.92 Å². The number of nitrogens with zero attached hydrogens (tertiary/aromatic N) is 1. The first-order valence-corrected chi connectivity index (χ1v) is 6.91. The van der Waals surface area contributed by atoms with Gasteiger partial charge >= 0.3 is 0 Å². The van der Waals surface area contributed by atoms with Crippen molar-refractivity contribution in [2.24, 2.45) is 5.92 Å². The van der Waals surface area contributed by atoms with Crippen LogP contribution in [-0.2, 0) is 11.2 Å². The van der Waals surface area contributed by atoms with Crippen LogP contribution in [0.5, 0.6) is 0 Å². The summed E-state index contributed by atoms with van der Waals surface area (Å²) in [6.07, 6.45) is 3.55. The molecule has 0 unspecified atom stereocenters. The van der Waals surface area contributed by atoms with E-state index in [1.165, 1.54) is 18.4 Å². The van der Waals surface area contributed by atoms with Gasteiger partial charge in [0.25, 0.3) is 0 Å². The maximum absolute atomic E-state index is 12.1. The first kappa shape index (κ1) is 12.0. The molecule has 0 saturated heterocycles. The van der Waals surface area contributed by atoms with Crippen LogP contribution in [0.1, 0.15) is 18.4 Å². The minimum absolute atomic E-state index is 0.150. The van der Waals surface area contributed by atoms with E-state index < -0.39 is 0 Å². The van der Waals surface area contributed by atoms with Gasteiger partial charge in [-0.2, -0.15) is 0 Å². The van der Waals surface area contributed by atoms with E-state index in [2.05, 4.69) is 5.32 Å². The maximum atomic E-state index is 12.1. The molecule has 1 aliphatic carbocycles. The highest BCUT2D eigenvalue weighted by molar-refractivity contribution is 6.31. The van der Waals surface area contributed by atoms with E-state index in [9.17, 15) is 4.79 Å². The van der Waals surface area contributed by atoms with Crippen molar-refractivity contribution in [2.45, 2.75) is 19.3 Å². The lowest BCUT2D eigenvalue weighted by molar-refractivity contribution is -0.117. The predicted octanol–water partition coefficient (Wildman–Crippen LogP) is 2.23. The van der Waals surface area contributed by atoms with Gasteiger partial charge in [0, 0.05) is 17.3 Å². The summed E-state index contributed by atoms with van der Waals surface area (Å²) in [5.74, 6) is 0.953. The van der Waals surface area contributed by atoms with Crippen molar-refractivity contribution in [1.29, 1.82) is 0 Å². The topological polar surface area (TPSA) is 32.3 Å². The molecule has 1 N–H and O–H groups in total. The second-order valence-electron chi connectivity index (χ2n) is 5.14. The molecule has 1 aromatic carbocycles. The number of rotatable bonds is 4. The largest absolute Gasteiger partial charge is 0.311 e. The Hall–Kier alpha value is -1.06. The molecule has 0 atom stereocenters. The minimum atomic E-state index is 0.150. The van der Waals surface area contributed by atoms with Crippen LogP contribution in [0.4, 0.5) is 5.69 Å². The first-order valence-electron chi connectivity index (χ1n) is 6.53. The van der Waals surface area contributed by atoms with Gasteiger partial charge in [-0.05, 0) is 49.4 Å². The van der Waals surface area contributed by atoms with Gasteiger partial charge in [-0.1, -0.05) is 17.7 Å². The summed E-state index contributed by atoms with van der Waals surface area (Å²) in [6.45, 7) is 2.18. The lowest BCUT2D eigenvalue weighted by Crippen LogP contribution is -2.37. The van der Waals surface area contributed by atoms with Crippen molar-refractivity contribution in [3.05, 3.63) is 28.8 Å². The van der Waals surface area contributed by atoms with Crippen LogP contribution >= 0.6 is 11.6 Å². The average molecular weight is 265 g/mol. The Morgan fingerprint density at radius 2 is 2.28 bits per heavy atom. The number of fused-ring (bicyclic) bond motifs is 1. The van der Waals surface area contributed by atoms with E-state index in [-0.39, 0.29) is 5.91 Å². The first-order chi connectivity index (χ1) is 8.74. The van der Waals surface area contributed by atoms with Crippen molar-refractivity contribution in [2.75, 3.05) is 24.5 Å². The fraction of sp³-hybridized carbons (Fsp3) is 0.500. The molecular weight excluding hydrogens is 248 g/mol. The third kappa shape index (κ3) is 2.52. The number of nitrogens with one attached hydrogen (secondary N) is 1. The third-order valence-electron chi connectivity index (χ3n) is 3.65. The third-order valence-corrected chi connectivity index (χ3v) is 3.89. The second kappa shape index (κ2) is 4.90. The monoisotopic (exact) mass is 264 g/mol. The number of benzene rings is 1. The summed E-state index contributed by atoms with van der Waals surface area (Å²) in [5, 5.41) is 3.94. The Morgan fingerprint density at radius 1 is 1.44 bits per heavy atom. The quantitative estimate of drug-likeness (QED) is 0.905. The molecule has 1 saturated carbocycles. The SMILES string of the molecule is O=C(CNCC1CC1)N1CCc2ccc(Cl)cc21. The van der Waals surface area contributed by atoms with E-state index in [0.29, 0.717) is 11.6 Å². The zero-order chi connectivity index (χ0) is 12.5. The minimum Gasteiger partial charge on any atom is -0.311 e. The van der Waals surface area contributed by atoms with E-state index in [1.807, 2.05) is 23.1 Å². The highest BCUT2D eigenvalue weighted by Gasteiger charge is 2.25. The molecule has 0 radical (unpaired) electrons. The normalized spacial score (nSPS) is 17.9. The molecule has 3 rings (SSSR count). The summed E-state index contributed by atoms with van der Waals surface area (Å²) in [5.41, 5.74) is 2.20. The number of amides is 1. The molecule has 18 heavy (non-hydrogen) atoms. The molecule has 1 aromatic rings. The lowest BCUT2D eigenvalue weighted by atomic mass is 10.2. The molecule has 1 amide bonds. The lowest BCUT2D eigenvalue weighted by Gasteiger charge is -2.17. The van der Waals surface area contributed by atoms with Gasteiger partial charge < -0.3 is 10.2 Å². The van der Waals surface area contributed by atoms with Gasteiger partial charge in [-0.25, -0.2) is 0 Å². The van der Waals surface area contributed by atoms with Crippen molar-refractivity contribution >= 4 is 23.2 Å².